The molecule has 0 aliphatic heterocycles. The van der Waals surface area contributed by atoms with Gasteiger partial charge in [0, 0.05) is 22.7 Å². The standard InChI is InChI=1S/C19H21Cl2NO3S/c1-3-18(13-7-9-14(10-8-13)26(2,24)25)22-19(23)12-11-15-16(20)5-4-6-17(15)21/h4-10,18H,3,11-12H2,1-2H3,(H,22,23)/t18-/m1/s1. The Morgan fingerprint density at radius 3 is 2.15 bits per heavy atom. The number of sulfone groups is 1. The molecule has 0 heterocycles. The first kappa shape index (κ1) is 20.7. The Morgan fingerprint density at radius 2 is 1.65 bits per heavy atom. The molecule has 2 aromatic carbocycles. The molecular weight excluding hydrogens is 393 g/mol. The van der Waals surface area contributed by atoms with Crippen molar-refractivity contribution in [1.29, 1.82) is 0 Å². The first-order valence-electron chi connectivity index (χ1n) is 8.24. The quantitative estimate of drug-likeness (QED) is 0.721. The van der Waals surface area contributed by atoms with Gasteiger partial charge in [0.15, 0.2) is 9.84 Å². The number of hydrogen-bond donors (Lipinski definition) is 1. The van der Waals surface area contributed by atoms with Gasteiger partial charge in [0.05, 0.1) is 10.9 Å². The Balaban J connectivity index is 2.02. The minimum Gasteiger partial charge on any atom is -0.349 e. The maximum Gasteiger partial charge on any atom is 0.220 e. The summed E-state index contributed by atoms with van der Waals surface area (Å²) in [5.74, 6) is -0.111. The molecule has 0 bridgehead atoms. The first-order chi connectivity index (χ1) is 12.2. The normalized spacial score (nSPS) is 12.6. The third-order valence-electron chi connectivity index (χ3n) is 4.12. The van der Waals surface area contributed by atoms with E-state index >= 15 is 0 Å². The molecule has 4 nitrogen and oxygen atoms in total. The van der Waals surface area contributed by atoms with E-state index in [4.69, 9.17) is 23.2 Å². The van der Waals surface area contributed by atoms with E-state index in [-0.39, 0.29) is 23.3 Å². The number of carbonyl (C=O) groups excluding carboxylic acids is 1. The van der Waals surface area contributed by atoms with Gasteiger partial charge in [0.25, 0.3) is 0 Å². The average molecular weight is 414 g/mol. The van der Waals surface area contributed by atoms with E-state index in [0.717, 1.165) is 11.1 Å². The molecule has 140 valence electrons. The van der Waals surface area contributed by atoms with Crippen molar-refractivity contribution in [3.05, 3.63) is 63.6 Å². The van der Waals surface area contributed by atoms with Crippen LogP contribution in [0.4, 0.5) is 0 Å². The summed E-state index contributed by atoms with van der Waals surface area (Å²) >= 11 is 12.3. The maximum atomic E-state index is 12.3. The van der Waals surface area contributed by atoms with Crippen LogP contribution in [0.1, 0.15) is 36.9 Å². The fourth-order valence-corrected chi connectivity index (χ4v) is 3.86. The van der Waals surface area contributed by atoms with Crippen molar-refractivity contribution in [2.24, 2.45) is 0 Å². The number of halogens is 2. The van der Waals surface area contributed by atoms with Gasteiger partial charge in [-0.15, -0.1) is 0 Å². The molecule has 1 N–H and O–H groups in total. The van der Waals surface area contributed by atoms with Crippen molar-refractivity contribution >= 4 is 38.9 Å². The number of rotatable bonds is 7. The first-order valence-corrected chi connectivity index (χ1v) is 10.9. The van der Waals surface area contributed by atoms with Crippen LogP contribution in [0, 0.1) is 0 Å². The largest absolute Gasteiger partial charge is 0.349 e. The molecule has 0 aromatic heterocycles. The van der Waals surface area contributed by atoms with Crippen molar-refractivity contribution in [1.82, 2.24) is 5.32 Å². The molecule has 0 aliphatic carbocycles. The van der Waals surface area contributed by atoms with Crippen LogP contribution >= 0.6 is 23.2 Å². The second-order valence-corrected chi connectivity index (χ2v) is 8.90. The van der Waals surface area contributed by atoms with E-state index in [2.05, 4.69) is 5.32 Å². The van der Waals surface area contributed by atoms with E-state index in [9.17, 15) is 13.2 Å². The lowest BCUT2D eigenvalue weighted by molar-refractivity contribution is -0.121. The maximum absolute atomic E-state index is 12.3. The molecule has 2 rings (SSSR count). The molecule has 1 amide bonds. The monoisotopic (exact) mass is 413 g/mol. The Labute approximate surface area is 164 Å². The van der Waals surface area contributed by atoms with E-state index < -0.39 is 9.84 Å². The smallest absolute Gasteiger partial charge is 0.220 e. The van der Waals surface area contributed by atoms with Crippen LogP contribution in [0.15, 0.2) is 47.4 Å². The van der Waals surface area contributed by atoms with Crippen molar-refractivity contribution in [2.75, 3.05) is 6.26 Å². The Morgan fingerprint density at radius 1 is 1.08 bits per heavy atom. The summed E-state index contributed by atoms with van der Waals surface area (Å²) in [7, 11) is -3.23. The van der Waals surface area contributed by atoms with Crippen molar-refractivity contribution in [3.8, 4) is 0 Å². The lowest BCUT2D eigenvalue weighted by Gasteiger charge is -2.18. The summed E-state index contributed by atoms with van der Waals surface area (Å²) in [4.78, 5) is 12.6. The molecule has 0 saturated heterocycles. The highest BCUT2D eigenvalue weighted by atomic mass is 35.5. The molecule has 0 spiro atoms. The van der Waals surface area contributed by atoms with Gasteiger partial charge >= 0.3 is 0 Å². The molecule has 26 heavy (non-hydrogen) atoms. The lowest BCUT2D eigenvalue weighted by Crippen LogP contribution is -2.28. The minimum absolute atomic E-state index is 0.111. The second-order valence-electron chi connectivity index (χ2n) is 6.07. The van der Waals surface area contributed by atoms with Gasteiger partial charge in [-0.1, -0.05) is 48.3 Å². The van der Waals surface area contributed by atoms with Gasteiger partial charge in [0.2, 0.25) is 5.91 Å². The van der Waals surface area contributed by atoms with Gasteiger partial charge in [-0.05, 0) is 48.2 Å². The van der Waals surface area contributed by atoms with Crippen LogP contribution in [0.2, 0.25) is 10.0 Å². The number of hydrogen-bond acceptors (Lipinski definition) is 3. The Kier molecular flexibility index (Phi) is 7.09. The zero-order valence-electron chi connectivity index (χ0n) is 14.6. The number of benzene rings is 2. The predicted molar refractivity (Wildman–Crippen MR) is 106 cm³/mol. The molecule has 7 heteroatoms. The van der Waals surface area contributed by atoms with Crippen LogP contribution in [-0.4, -0.2) is 20.6 Å². The van der Waals surface area contributed by atoms with Gasteiger partial charge < -0.3 is 5.32 Å². The zero-order valence-corrected chi connectivity index (χ0v) is 17.0. The van der Waals surface area contributed by atoms with Gasteiger partial charge in [-0.25, -0.2) is 8.42 Å². The zero-order chi connectivity index (χ0) is 19.3. The molecule has 0 radical (unpaired) electrons. The van der Waals surface area contributed by atoms with Gasteiger partial charge in [-0.3, -0.25) is 4.79 Å². The lowest BCUT2D eigenvalue weighted by atomic mass is 10.0. The third-order valence-corrected chi connectivity index (χ3v) is 5.95. The van der Waals surface area contributed by atoms with Crippen LogP contribution in [0.5, 0.6) is 0 Å². The number of nitrogens with one attached hydrogen (secondary N) is 1. The summed E-state index contributed by atoms with van der Waals surface area (Å²) in [5.41, 5.74) is 1.63. The summed E-state index contributed by atoms with van der Waals surface area (Å²) < 4.78 is 23.1. The van der Waals surface area contributed by atoms with Gasteiger partial charge in [0.1, 0.15) is 0 Å². The highest BCUT2D eigenvalue weighted by Crippen LogP contribution is 2.26. The molecule has 0 saturated carbocycles. The molecule has 1 atom stereocenters. The summed E-state index contributed by atoms with van der Waals surface area (Å²) in [6, 6.07) is 11.7. The minimum atomic E-state index is -3.23. The SMILES string of the molecule is CC[C@@H](NC(=O)CCc1c(Cl)cccc1Cl)c1ccc(S(C)(=O)=O)cc1. The second kappa shape index (κ2) is 8.89. The molecule has 2 aromatic rings. The summed E-state index contributed by atoms with van der Waals surface area (Å²) in [5, 5.41) is 4.08. The average Bonchev–Trinajstić information content (AvgIpc) is 2.58. The highest BCUT2D eigenvalue weighted by molar-refractivity contribution is 7.90. The molecule has 0 unspecified atom stereocenters. The Hall–Kier alpha value is -1.56. The number of amides is 1. The van der Waals surface area contributed by atoms with Crippen molar-refractivity contribution in [2.45, 2.75) is 37.1 Å². The predicted octanol–water partition coefficient (Wildman–Crippen LogP) is 4.60. The topological polar surface area (TPSA) is 63.2 Å². The van der Waals surface area contributed by atoms with Crippen LogP contribution in [0.25, 0.3) is 0 Å². The van der Waals surface area contributed by atoms with Crippen LogP contribution in [-0.2, 0) is 21.1 Å². The highest BCUT2D eigenvalue weighted by Gasteiger charge is 2.15. The third kappa shape index (κ3) is 5.47. The van der Waals surface area contributed by atoms with Crippen molar-refractivity contribution in [3.63, 3.8) is 0 Å². The van der Waals surface area contributed by atoms with Gasteiger partial charge in [-0.2, -0.15) is 0 Å². The summed E-state index contributed by atoms with van der Waals surface area (Å²) in [6.45, 7) is 1.96. The van der Waals surface area contributed by atoms with Crippen LogP contribution in [0.3, 0.4) is 0 Å². The molecular formula is C19H21Cl2NO3S. The van der Waals surface area contributed by atoms with E-state index in [1.54, 1.807) is 42.5 Å². The van der Waals surface area contributed by atoms with E-state index in [1.807, 2.05) is 6.92 Å². The fraction of sp³-hybridized carbons (Fsp3) is 0.316. The molecule has 0 aliphatic rings. The summed E-state index contributed by atoms with van der Waals surface area (Å²) in [6.07, 6.45) is 2.58. The van der Waals surface area contributed by atoms with E-state index in [1.165, 1.54) is 6.26 Å². The number of carbonyl (C=O) groups is 1. The molecule has 0 fully saturated rings. The van der Waals surface area contributed by atoms with Crippen molar-refractivity contribution < 1.29 is 13.2 Å². The fourth-order valence-electron chi connectivity index (χ4n) is 2.64. The van der Waals surface area contributed by atoms with Crippen LogP contribution < -0.4 is 5.32 Å². The Bertz CT molecular complexity index is 860. The van der Waals surface area contributed by atoms with E-state index in [0.29, 0.717) is 22.9 Å².